The molecule has 0 amide bonds. The summed E-state index contributed by atoms with van der Waals surface area (Å²) in [5.74, 6) is 0. The minimum atomic E-state index is -0.305. The SMILES string of the molecule is Cc1sccc1C(O)CCC1CCCO1. The summed E-state index contributed by atoms with van der Waals surface area (Å²) in [7, 11) is 0. The van der Waals surface area contributed by atoms with E-state index < -0.39 is 0 Å². The van der Waals surface area contributed by atoms with E-state index in [2.05, 4.69) is 6.92 Å². The highest BCUT2D eigenvalue weighted by Gasteiger charge is 2.18. The van der Waals surface area contributed by atoms with Crippen LogP contribution in [0.15, 0.2) is 11.4 Å². The van der Waals surface area contributed by atoms with Crippen LogP contribution in [0.3, 0.4) is 0 Å². The molecule has 1 aromatic rings. The molecule has 84 valence electrons. The highest BCUT2D eigenvalue weighted by molar-refractivity contribution is 7.10. The van der Waals surface area contributed by atoms with Crippen molar-refractivity contribution in [3.05, 3.63) is 21.9 Å². The van der Waals surface area contributed by atoms with Gasteiger partial charge in [0.15, 0.2) is 0 Å². The number of aliphatic hydroxyl groups is 1. The molecule has 0 aromatic carbocycles. The first-order valence-corrected chi connectivity index (χ1v) is 6.49. The highest BCUT2D eigenvalue weighted by Crippen LogP contribution is 2.28. The largest absolute Gasteiger partial charge is 0.388 e. The normalized spacial score (nSPS) is 23.2. The number of hydrogen-bond donors (Lipinski definition) is 1. The monoisotopic (exact) mass is 226 g/mol. The van der Waals surface area contributed by atoms with E-state index in [1.54, 1.807) is 11.3 Å². The van der Waals surface area contributed by atoms with Crippen LogP contribution < -0.4 is 0 Å². The van der Waals surface area contributed by atoms with Crippen molar-refractivity contribution in [3.8, 4) is 0 Å². The van der Waals surface area contributed by atoms with Crippen molar-refractivity contribution in [2.24, 2.45) is 0 Å². The fraction of sp³-hybridized carbons (Fsp3) is 0.667. The second kappa shape index (κ2) is 5.10. The molecule has 0 spiro atoms. The van der Waals surface area contributed by atoms with Crippen molar-refractivity contribution in [1.82, 2.24) is 0 Å². The van der Waals surface area contributed by atoms with E-state index in [0.29, 0.717) is 6.10 Å². The molecule has 1 saturated heterocycles. The molecule has 0 aliphatic carbocycles. The average molecular weight is 226 g/mol. The maximum Gasteiger partial charge on any atom is 0.0801 e. The van der Waals surface area contributed by atoms with Gasteiger partial charge in [0.25, 0.3) is 0 Å². The van der Waals surface area contributed by atoms with Gasteiger partial charge in [-0.3, -0.25) is 0 Å². The van der Waals surface area contributed by atoms with E-state index in [1.165, 1.54) is 11.3 Å². The van der Waals surface area contributed by atoms with Crippen molar-refractivity contribution in [1.29, 1.82) is 0 Å². The highest BCUT2D eigenvalue weighted by atomic mass is 32.1. The average Bonchev–Trinajstić information content (AvgIpc) is 2.84. The lowest BCUT2D eigenvalue weighted by atomic mass is 10.0. The molecule has 1 N–H and O–H groups in total. The van der Waals surface area contributed by atoms with Crippen LogP contribution in [-0.2, 0) is 4.74 Å². The van der Waals surface area contributed by atoms with Crippen molar-refractivity contribution < 1.29 is 9.84 Å². The van der Waals surface area contributed by atoms with Gasteiger partial charge < -0.3 is 9.84 Å². The summed E-state index contributed by atoms with van der Waals surface area (Å²) < 4.78 is 5.54. The fourth-order valence-electron chi connectivity index (χ4n) is 2.11. The predicted octanol–water partition coefficient (Wildman–Crippen LogP) is 3.05. The molecule has 0 radical (unpaired) electrons. The van der Waals surface area contributed by atoms with Gasteiger partial charge in [0.05, 0.1) is 12.2 Å². The van der Waals surface area contributed by atoms with E-state index in [0.717, 1.165) is 31.4 Å². The summed E-state index contributed by atoms with van der Waals surface area (Å²) in [4.78, 5) is 1.23. The zero-order valence-electron chi connectivity index (χ0n) is 9.11. The van der Waals surface area contributed by atoms with Gasteiger partial charge in [-0.1, -0.05) is 0 Å². The summed E-state index contributed by atoms with van der Waals surface area (Å²) >= 11 is 1.70. The molecule has 1 aliphatic rings. The maximum atomic E-state index is 10.0. The quantitative estimate of drug-likeness (QED) is 0.855. The number of hydrogen-bond acceptors (Lipinski definition) is 3. The van der Waals surface area contributed by atoms with Gasteiger partial charge in [-0.15, -0.1) is 11.3 Å². The second-order valence-corrected chi connectivity index (χ2v) is 5.28. The standard InChI is InChI=1S/C12H18O2S/c1-9-11(6-8-15-9)12(13)5-4-10-3-2-7-14-10/h6,8,10,12-13H,2-5,7H2,1H3. The predicted molar refractivity (Wildman–Crippen MR) is 62.2 cm³/mol. The van der Waals surface area contributed by atoms with E-state index in [4.69, 9.17) is 4.74 Å². The molecule has 0 saturated carbocycles. The third-order valence-electron chi connectivity index (χ3n) is 3.04. The van der Waals surface area contributed by atoms with E-state index in [9.17, 15) is 5.11 Å². The maximum absolute atomic E-state index is 10.0. The van der Waals surface area contributed by atoms with Crippen molar-refractivity contribution >= 4 is 11.3 Å². The summed E-state index contributed by atoms with van der Waals surface area (Å²) in [6.07, 6.45) is 4.23. The van der Waals surface area contributed by atoms with Crippen LogP contribution in [0.4, 0.5) is 0 Å². The Balaban J connectivity index is 1.81. The van der Waals surface area contributed by atoms with Crippen LogP contribution in [-0.4, -0.2) is 17.8 Å². The Morgan fingerprint density at radius 3 is 3.13 bits per heavy atom. The third kappa shape index (κ3) is 2.80. The van der Waals surface area contributed by atoms with Gasteiger partial charge in [-0.05, 0) is 49.6 Å². The molecule has 2 unspecified atom stereocenters. The molecule has 1 aliphatic heterocycles. The molecule has 2 rings (SSSR count). The minimum absolute atomic E-state index is 0.305. The number of thiophene rings is 1. The van der Waals surface area contributed by atoms with Gasteiger partial charge in [0.1, 0.15) is 0 Å². The van der Waals surface area contributed by atoms with Crippen molar-refractivity contribution in [2.45, 2.75) is 44.8 Å². The van der Waals surface area contributed by atoms with Crippen molar-refractivity contribution in [3.63, 3.8) is 0 Å². The molecule has 0 bridgehead atoms. The first kappa shape index (κ1) is 11.1. The number of aliphatic hydroxyl groups excluding tert-OH is 1. The van der Waals surface area contributed by atoms with Crippen LogP contribution in [0.5, 0.6) is 0 Å². The van der Waals surface area contributed by atoms with Crippen LogP contribution in [0.25, 0.3) is 0 Å². The molecule has 2 atom stereocenters. The number of ether oxygens (including phenoxy) is 1. The summed E-state index contributed by atoms with van der Waals surface area (Å²) in [5, 5.41) is 12.0. The van der Waals surface area contributed by atoms with E-state index in [1.807, 2.05) is 11.4 Å². The lowest BCUT2D eigenvalue weighted by Crippen LogP contribution is -2.07. The Morgan fingerprint density at radius 1 is 1.67 bits per heavy atom. The minimum Gasteiger partial charge on any atom is -0.388 e. The third-order valence-corrected chi connectivity index (χ3v) is 3.91. The second-order valence-electron chi connectivity index (χ2n) is 4.16. The number of rotatable bonds is 4. The van der Waals surface area contributed by atoms with Gasteiger partial charge in [0.2, 0.25) is 0 Å². The lowest BCUT2D eigenvalue weighted by molar-refractivity contribution is 0.0812. The molecule has 2 heterocycles. The lowest BCUT2D eigenvalue weighted by Gasteiger charge is -2.13. The summed E-state index contributed by atoms with van der Waals surface area (Å²) in [6, 6.07) is 2.03. The summed E-state index contributed by atoms with van der Waals surface area (Å²) in [6.45, 7) is 2.97. The van der Waals surface area contributed by atoms with Gasteiger partial charge in [-0.2, -0.15) is 0 Å². The molecule has 3 heteroatoms. The smallest absolute Gasteiger partial charge is 0.0801 e. The molecule has 1 fully saturated rings. The van der Waals surface area contributed by atoms with E-state index >= 15 is 0 Å². The zero-order chi connectivity index (χ0) is 10.7. The molecular weight excluding hydrogens is 208 g/mol. The number of aryl methyl sites for hydroxylation is 1. The van der Waals surface area contributed by atoms with Crippen molar-refractivity contribution in [2.75, 3.05) is 6.61 Å². The molecule has 15 heavy (non-hydrogen) atoms. The van der Waals surface area contributed by atoms with Gasteiger partial charge in [0, 0.05) is 11.5 Å². The van der Waals surface area contributed by atoms with Crippen LogP contribution in [0, 0.1) is 6.92 Å². The van der Waals surface area contributed by atoms with Gasteiger partial charge >= 0.3 is 0 Å². The summed E-state index contributed by atoms with van der Waals surface area (Å²) in [5.41, 5.74) is 1.10. The van der Waals surface area contributed by atoms with Crippen LogP contribution in [0.1, 0.15) is 42.2 Å². The first-order chi connectivity index (χ1) is 7.27. The zero-order valence-corrected chi connectivity index (χ0v) is 9.93. The Hall–Kier alpha value is -0.380. The topological polar surface area (TPSA) is 29.5 Å². The molecule has 1 aromatic heterocycles. The van der Waals surface area contributed by atoms with Crippen LogP contribution in [0.2, 0.25) is 0 Å². The van der Waals surface area contributed by atoms with E-state index in [-0.39, 0.29) is 6.10 Å². The Bertz CT molecular complexity index is 302. The Kier molecular flexibility index (Phi) is 3.78. The Morgan fingerprint density at radius 2 is 2.53 bits per heavy atom. The Labute approximate surface area is 94.9 Å². The molecular formula is C12H18O2S. The first-order valence-electron chi connectivity index (χ1n) is 5.61. The fourth-order valence-corrected chi connectivity index (χ4v) is 2.87. The van der Waals surface area contributed by atoms with Crippen LogP contribution >= 0.6 is 11.3 Å². The van der Waals surface area contributed by atoms with Gasteiger partial charge in [-0.25, -0.2) is 0 Å². The molecule has 2 nitrogen and oxygen atoms in total.